The number of benzene rings is 2. The lowest BCUT2D eigenvalue weighted by Gasteiger charge is -2.36. The van der Waals surface area contributed by atoms with Crippen LogP contribution in [0.25, 0.3) is 12.2 Å². The van der Waals surface area contributed by atoms with Crippen LogP contribution >= 0.6 is 31.9 Å². The number of alkyl halides is 2. The Morgan fingerprint density at radius 3 is 1.42 bits per heavy atom. The van der Waals surface area contributed by atoms with E-state index in [2.05, 4.69) is 132 Å². The normalized spacial score (nSPS) is 23.3. The minimum Gasteiger partial charge on any atom is -0.0786 e. The third-order valence-corrected chi connectivity index (χ3v) is 9.60. The molecule has 4 aliphatic carbocycles. The van der Waals surface area contributed by atoms with E-state index in [0.29, 0.717) is 0 Å². The third kappa shape index (κ3) is 3.00. The Morgan fingerprint density at radius 1 is 0.606 bits per heavy atom. The molecule has 0 aromatic heterocycles. The van der Waals surface area contributed by atoms with E-state index in [-0.39, 0.29) is 15.1 Å². The molecule has 33 heavy (non-hydrogen) atoms. The maximum atomic E-state index is 4.02. The Balaban J connectivity index is 1.50. The van der Waals surface area contributed by atoms with Gasteiger partial charge in [0.15, 0.2) is 0 Å². The van der Waals surface area contributed by atoms with E-state index in [1.165, 1.54) is 66.8 Å². The topological polar surface area (TPSA) is 0 Å². The van der Waals surface area contributed by atoms with E-state index in [0.717, 1.165) is 0 Å². The van der Waals surface area contributed by atoms with E-state index in [9.17, 15) is 0 Å². The van der Waals surface area contributed by atoms with Crippen LogP contribution in [0.15, 0.2) is 105 Å². The molecule has 164 valence electrons. The van der Waals surface area contributed by atoms with Crippen molar-refractivity contribution in [3.63, 3.8) is 0 Å². The quantitative estimate of drug-likeness (QED) is 0.322. The summed E-state index contributed by atoms with van der Waals surface area (Å²) < 4.78 is 0. The van der Waals surface area contributed by atoms with Crippen molar-refractivity contribution >= 4 is 44.0 Å². The summed E-state index contributed by atoms with van der Waals surface area (Å²) in [5.74, 6) is 0. The average Bonchev–Trinajstić information content (AvgIpc) is 3.31. The van der Waals surface area contributed by atoms with Crippen LogP contribution in [-0.4, -0.2) is 0 Å². The minimum atomic E-state index is -0.125. The molecule has 0 bridgehead atoms. The van der Waals surface area contributed by atoms with E-state index >= 15 is 0 Å². The molecular formula is C31H26Br2. The van der Waals surface area contributed by atoms with Crippen molar-refractivity contribution in [3.8, 4) is 0 Å². The van der Waals surface area contributed by atoms with Crippen LogP contribution in [0.4, 0.5) is 0 Å². The molecule has 0 heterocycles. The first-order valence-electron chi connectivity index (χ1n) is 11.6. The third-order valence-electron chi connectivity index (χ3n) is 7.63. The highest BCUT2D eigenvalue weighted by Crippen LogP contribution is 2.59. The summed E-state index contributed by atoms with van der Waals surface area (Å²) in [6, 6.07) is 17.5. The van der Waals surface area contributed by atoms with Gasteiger partial charge in [-0.25, -0.2) is 0 Å². The number of rotatable bonds is 2. The Hall–Kier alpha value is -2.16. The van der Waals surface area contributed by atoms with Gasteiger partial charge in [-0.3, -0.25) is 0 Å². The first-order chi connectivity index (χ1) is 15.8. The van der Waals surface area contributed by atoms with Gasteiger partial charge in [0.1, 0.15) is 0 Å². The van der Waals surface area contributed by atoms with Gasteiger partial charge in [-0.2, -0.15) is 0 Å². The maximum absolute atomic E-state index is 4.02. The fraction of sp³-hybridized carbons (Fsp3) is 0.226. The van der Waals surface area contributed by atoms with Crippen molar-refractivity contribution in [3.05, 3.63) is 128 Å². The molecule has 0 aliphatic heterocycles. The van der Waals surface area contributed by atoms with Crippen molar-refractivity contribution in [2.75, 3.05) is 0 Å². The molecule has 0 nitrogen and oxygen atoms in total. The minimum absolute atomic E-state index is 0.125. The molecule has 2 aromatic rings. The van der Waals surface area contributed by atoms with Crippen molar-refractivity contribution < 1.29 is 0 Å². The zero-order valence-corrected chi connectivity index (χ0v) is 22.5. The zero-order valence-electron chi connectivity index (χ0n) is 19.3. The highest BCUT2D eigenvalue weighted by atomic mass is 79.9. The van der Waals surface area contributed by atoms with E-state index < -0.39 is 0 Å². The SMILES string of the molecule is CC1=C(C(C)(C)C2=C(C)C=C3C2=Cc2ccccc2C3Br)C2=Cc3ccccc3C(Br)C2=C1. The van der Waals surface area contributed by atoms with Crippen LogP contribution in [0.2, 0.25) is 0 Å². The van der Waals surface area contributed by atoms with Gasteiger partial charge in [0.2, 0.25) is 0 Å². The molecule has 2 heteroatoms. The summed E-state index contributed by atoms with van der Waals surface area (Å²) in [5, 5.41) is 0. The van der Waals surface area contributed by atoms with Gasteiger partial charge in [0.25, 0.3) is 0 Å². The van der Waals surface area contributed by atoms with Crippen LogP contribution in [0.5, 0.6) is 0 Å². The second kappa shape index (κ2) is 7.42. The molecule has 0 saturated carbocycles. The van der Waals surface area contributed by atoms with Crippen LogP contribution in [0.3, 0.4) is 0 Å². The fourth-order valence-electron chi connectivity index (χ4n) is 6.39. The molecule has 4 aliphatic rings. The van der Waals surface area contributed by atoms with Gasteiger partial charge in [0, 0.05) is 5.41 Å². The van der Waals surface area contributed by atoms with Crippen LogP contribution in [0.1, 0.15) is 59.6 Å². The first-order valence-corrected chi connectivity index (χ1v) is 13.4. The standard InChI is InChI=1S/C31H26Br2/c1-17-13-25-23(15-19-9-5-7-11-21(19)29(25)32)27(17)31(3,4)28-18(2)14-26-24(28)16-20-10-6-8-12-22(20)30(26)33/h5-16,29-30H,1-4H3. The number of hydrogen-bond donors (Lipinski definition) is 0. The molecule has 0 amide bonds. The molecule has 2 atom stereocenters. The molecular weight excluding hydrogens is 532 g/mol. The number of allylic oxidation sites excluding steroid dienone is 10. The van der Waals surface area contributed by atoms with Gasteiger partial charge in [-0.15, -0.1) is 0 Å². The van der Waals surface area contributed by atoms with Gasteiger partial charge in [0.05, 0.1) is 9.65 Å². The number of hydrogen-bond acceptors (Lipinski definition) is 0. The van der Waals surface area contributed by atoms with Gasteiger partial charge >= 0.3 is 0 Å². The smallest absolute Gasteiger partial charge is 0.0656 e. The summed E-state index contributed by atoms with van der Waals surface area (Å²) in [5.41, 5.74) is 16.4. The summed E-state index contributed by atoms with van der Waals surface area (Å²) >= 11 is 8.03. The van der Waals surface area contributed by atoms with E-state index in [4.69, 9.17) is 0 Å². The average molecular weight is 558 g/mol. The first kappa shape index (κ1) is 21.4. The van der Waals surface area contributed by atoms with Crippen LogP contribution in [0, 0.1) is 5.41 Å². The van der Waals surface area contributed by atoms with Crippen molar-refractivity contribution in [2.45, 2.75) is 37.3 Å². The van der Waals surface area contributed by atoms with Crippen molar-refractivity contribution in [1.82, 2.24) is 0 Å². The summed E-state index contributed by atoms with van der Waals surface area (Å²) in [4.78, 5) is 0.467. The largest absolute Gasteiger partial charge is 0.0786 e. The van der Waals surface area contributed by atoms with Gasteiger partial charge in [-0.1, -0.05) is 106 Å². The zero-order chi connectivity index (χ0) is 23.1. The Labute approximate surface area is 213 Å². The molecule has 2 unspecified atom stereocenters. The summed E-state index contributed by atoms with van der Waals surface area (Å²) in [6.45, 7) is 9.39. The molecule has 0 saturated heterocycles. The number of halogens is 2. The summed E-state index contributed by atoms with van der Waals surface area (Å²) in [7, 11) is 0. The van der Waals surface area contributed by atoms with Crippen LogP contribution in [-0.2, 0) is 0 Å². The molecule has 0 N–H and O–H groups in total. The maximum Gasteiger partial charge on any atom is 0.0656 e. The Kier molecular flexibility index (Phi) is 4.81. The lowest BCUT2D eigenvalue weighted by atomic mass is 9.68. The van der Waals surface area contributed by atoms with E-state index in [1.807, 2.05) is 0 Å². The Morgan fingerprint density at radius 2 is 1.00 bits per heavy atom. The second-order valence-electron chi connectivity index (χ2n) is 10.0. The predicted molar refractivity (Wildman–Crippen MR) is 148 cm³/mol. The Bertz CT molecular complexity index is 1310. The van der Waals surface area contributed by atoms with Crippen molar-refractivity contribution in [1.29, 1.82) is 0 Å². The van der Waals surface area contributed by atoms with Gasteiger partial charge < -0.3 is 0 Å². The molecule has 6 rings (SSSR count). The highest BCUT2D eigenvalue weighted by molar-refractivity contribution is 9.09. The second-order valence-corrected chi connectivity index (χ2v) is 11.9. The van der Waals surface area contributed by atoms with Gasteiger partial charge in [-0.05, 0) is 92.8 Å². The predicted octanol–water partition coefficient (Wildman–Crippen LogP) is 9.59. The molecule has 0 spiro atoms. The fourth-order valence-corrected chi connectivity index (χ4v) is 7.98. The number of fused-ring (bicyclic) bond motifs is 4. The lowest BCUT2D eigenvalue weighted by Crippen LogP contribution is -2.23. The van der Waals surface area contributed by atoms with Crippen LogP contribution < -0.4 is 0 Å². The highest BCUT2D eigenvalue weighted by Gasteiger charge is 2.43. The molecule has 2 aromatic carbocycles. The lowest BCUT2D eigenvalue weighted by molar-refractivity contribution is 0.551. The monoisotopic (exact) mass is 556 g/mol. The van der Waals surface area contributed by atoms with E-state index in [1.54, 1.807) is 0 Å². The molecule has 0 fully saturated rings. The molecule has 0 radical (unpaired) electrons. The summed E-state index contributed by atoms with van der Waals surface area (Å²) in [6.07, 6.45) is 9.61. The van der Waals surface area contributed by atoms with Crippen molar-refractivity contribution in [2.24, 2.45) is 5.41 Å².